The van der Waals surface area contributed by atoms with Crippen molar-refractivity contribution in [2.45, 2.75) is 32.8 Å². The Labute approximate surface area is 117 Å². The molecule has 0 unspecified atom stereocenters. The minimum absolute atomic E-state index is 0.460. The molecule has 1 heterocycles. The van der Waals surface area contributed by atoms with Crippen molar-refractivity contribution in [1.82, 2.24) is 0 Å². The molecule has 0 bridgehead atoms. The molecule has 1 aromatic rings. The lowest BCUT2D eigenvalue weighted by molar-refractivity contribution is -0.113. The highest BCUT2D eigenvalue weighted by Crippen LogP contribution is 2.37. The van der Waals surface area contributed by atoms with Crippen LogP contribution < -0.4 is 11.1 Å². The number of benzene rings is 1. The van der Waals surface area contributed by atoms with Crippen LogP contribution in [0, 0.1) is 0 Å². The molecule has 1 aliphatic rings. The van der Waals surface area contributed by atoms with Gasteiger partial charge in [0, 0.05) is 11.6 Å². The Morgan fingerprint density at radius 3 is 2.75 bits per heavy atom. The topological polar surface area (TPSA) is 81.4 Å². The fraction of sp³-hybridized carbons (Fsp3) is 0.333. The number of allylic oxidation sites excluding steroid dienone is 1. The Morgan fingerprint density at radius 2 is 2.15 bits per heavy atom. The first-order valence-electron chi connectivity index (χ1n) is 6.48. The van der Waals surface area contributed by atoms with E-state index in [1.165, 1.54) is 6.08 Å². The Hall–Kier alpha value is -2.30. The van der Waals surface area contributed by atoms with Crippen molar-refractivity contribution in [3.63, 3.8) is 0 Å². The Balaban J connectivity index is 2.51. The molecule has 5 nitrogen and oxygen atoms in total. The summed E-state index contributed by atoms with van der Waals surface area (Å²) in [5.41, 5.74) is 7.86. The van der Waals surface area contributed by atoms with Crippen LogP contribution in [0.4, 0.5) is 10.5 Å². The van der Waals surface area contributed by atoms with E-state index in [0.29, 0.717) is 6.42 Å². The van der Waals surface area contributed by atoms with Crippen LogP contribution in [0.1, 0.15) is 38.3 Å². The molecule has 1 aliphatic heterocycles. The molecule has 0 radical (unpaired) electrons. The first kappa shape index (κ1) is 14.1. The largest absolute Gasteiger partial charge is 0.438 e. The molecule has 2 amide bonds. The first-order chi connectivity index (χ1) is 9.33. The number of anilines is 1. The number of hydrogen-bond acceptors (Lipinski definition) is 3. The molecule has 0 spiro atoms. The highest BCUT2D eigenvalue weighted by Gasteiger charge is 2.33. The van der Waals surface area contributed by atoms with E-state index >= 15 is 0 Å². The Bertz CT molecular complexity index is 603. The summed E-state index contributed by atoms with van der Waals surface area (Å²) in [5.74, 6) is -0.469. The van der Waals surface area contributed by atoms with Crippen LogP contribution in [-0.4, -0.2) is 12.0 Å². The van der Waals surface area contributed by atoms with Crippen LogP contribution in [0.3, 0.4) is 0 Å². The summed E-state index contributed by atoms with van der Waals surface area (Å²) in [7, 11) is 0. The molecule has 0 aromatic heterocycles. The van der Waals surface area contributed by atoms with Crippen LogP contribution in [0.15, 0.2) is 24.3 Å². The first-order valence-corrected chi connectivity index (χ1v) is 6.48. The maximum atomic E-state index is 11.5. The van der Waals surface area contributed by atoms with Crippen molar-refractivity contribution in [3.05, 3.63) is 35.4 Å². The standard InChI is InChI=1S/C15H18N2O3/c1-4-9(8-13(16)18)10-5-6-12-11(7-10)15(2,3)20-14(19)17-12/h5-8H,4H2,1-3H3,(H2,16,18)(H,17,19)/b9-8+. The predicted molar refractivity (Wildman–Crippen MR) is 77.0 cm³/mol. The van der Waals surface area contributed by atoms with Gasteiger partial charge in [0.2, 0.25) is 5.91 Å². The third-order valence-electron chi connectivity index (χ3n) is 3.32. The van der Waals surface area contributed by atoms with Crippen molar-refractivity contribution in [2.24, 2.45) is 5.73 Å². The highest BCUT2D eigenvalue weighted by molar-refractivity contribution is 5.95. The number of amides is 2. The van der Waals surface area contributed by atoms with Crippen molar-refractivity contribution in [3.8, 4) is 0 Å². The molecule has 106 valence electrons. The molecule has 3 N–H and O–H groups in total. The van der Waals surface area contributed by atoms with Gasteiger partial charge in [0.05, 0.1) is 5.69 Å². The molecular formula is C15H18N2O3. The number of ether oxygens (including phenoxy) is 1. The van der Waals surface area contributed by atoms with E-state index in [2.05, 4.69) is 5.32 Å². The van der Waals surface area contributed by atoms with Crippen LogP contribution in [0.2, 0.25) is 0 Å². The van der Waals surface area contributed by atoms with E-state index < -0.39 is 17.6 Å². The minimum Gasteiger partial charge on any atom is -0.438 e. The van der Waals surface area contributed by atoms with Gasteiger partial charge < -0.3 is 10.5 Å². The average Bonchev–Trinajstić information content (AvgIpc) is 2.34. The summed E-state index contributed by atoms with van der Waals surface area (Å²) in [4.78, 5) is 22.5. The summed E-state index contributed by atoms with van der Waals surface area (Å²) < 4.78 is 5.29. The highest BCUT2D eigenvalue weighted by atomic mass is 16.6. The van der Waals surface area contributed by atoms with E-state index in [1.807, 2.05) is 39.0 Å². The van der Waals surface area contributed by atoms with Crippen molar-refractivity contribution in [1.29, 1.82) is 0 Å². The number of carbonyl (C=O) groups is 2. The fourth-order valence-electron chi connectivity index (χ4n) is 2.33. The van der Waals surface area contributed by atoms with Gasteiger partial charge in [-0.3, -0.25) is 10.1 Å². The maximum absolute atomic E-state index is 11.5. The number of nitrogens with one attached hydrogen (secondary N) is 1. The molecule has 0 saturated heterocycles. The van der Waals surface area contributed by atoms with Gasteiger partial charge in [0.25, 0.3) is 0 Å². The van der Waals surface area contributed by atoms with E-state index in [0.717, 1.165) is 22.4 Å². The molecule has 0 atom stereocenters. The third kappa shape index (κ3) is 2.66. The molecule has 2 rings (SSSR count). The van der Waals surface area contributed by atoms with Crippen molar-refractivity contribution >= 4 is 23.3 Å². The molecular weight excluding hydrogens is 256 g/mol. The summed E-state index contributed by atoms with van der Waals surface area (Å²) >= 11 is 0. The van der Waals surface area contributed by atoms with Gasteiger partial charge in [-0.25, -0.2) is 4.79 Å². The van der Waals surface area contributed by atoms with Crippen LogP contribution in [0.5, 0.6) is 0 Å². The Kier molecular flexibility index (Phi) is 3.53. The number of hydrogen-bond donors (Lipinski definition) is 2. The van der Waals surface area contributed by atoms with Gasteiger partial charge in [-0.05, 0) is 43.5 Å². The average molecular weight is 274 g/mol. The Morgan fingerprint density at radius 1 is 1.45 bits per heavy atom. The zero-order chi connectivity index (χ0) is 14.9. The summed E-state index contributed by atoms with van der Waals surface area (Å²) in [6.07, 6.45) is 1.66. The van der Waals surface area contributed by atoms with E-state index in [9.17, 15) is 9.59 Å². The lowest BCUT2D eigenvalue weighted by Gasteiger charge is -2.33. The monoisotopic (exact) mass is 274 g/mol. The van der Waals surface area contributed by atoms with Gasteiger partial charge in [0.15, 0.2) is 0 Å². The lowest BCUT2D eigenvalue weighted by atomic mass is 9.90. The second-order valence-electron chi connectivity index (χ2n) is 5.21. The van der Waals surface area contributed by atoms with E-state index in [1.54, 1.807) is 0 Å². The van der Waals surface area contributed by atoms with Crippen molar-refractivity contribution < 1.29 is 14.3 Å². The zero-order valence-corrected chi connectivity index (χ0v) is 11.8. The molecule has 20 heavy (non-hydrogen) atoms. The molecule has 1 aromatic carbocycles. The normalized spacial score (nSPS) is 16.9. The molecule has 0 saturated carbocycles. The molecule has 5 heteroatoms. The van der Waals surface area contributed by atoms with Gasteiger partial charge in [-0.1, -0.05) is 13.0 Å². The molecule has 0 aliphatic carbocycles. The van der Waals surface area contributed by atoms with Gasteiger partial charge in [-0.15, -0.1) is 0 Å². The second kappa shape index (κ2) is 5.00. The SMILES string of the molecule is CC/C(=C\C(N)=O)c1ccc2c(c1)C(C)(C)OC(=O)N2. The number of fused-ring (bicyclic) bond motifs is 1. The van der Waals surface area contributed by atoms with E-state index in [4.69, 9.17) is 10.5 Å². The number of cyclic esters (lactones) is 1. The van der Waals surface area contributed by atoms with Gasteiger partial charge in [0.1, 0.15) is 5.60 Å². The lowest BCUT2D eigenvalue weighted by Crippen LogP contribution is -2.34. The second-order valence-corrected chi connectivity index (χ2v) is 5.21. The van der Waals surface area contributed by atoms with Gasteiger partial charge in [-0.2, -0.15) is 0 Å². The van der Waals surface area contributed by atoms with E-state index in [-0.39, 0.29) is 0 Å². The minimum atomic E-state index is -0.709. The van der Waals surface area contributed by atoms with Crippen LogP contribution >= 0.6 is 0 Å². The maximum Gasteiger partial charge on any atom is 0.412 e. The number of nitrogens with two attached hydrogens (primary N) is 1. The smallest absolute Gasteiger partial charge is 0.412 e. The quantitative estimate of drug-likeness (QED) is 0.831. The predicted octanol–water partition coefficient (Wildman–Crippen LogP) is 2.76. The van der Waals surface area contributed by atoms with Crippen LogP contribution in [-0.2, 0) is 15.1 Å². The van der Waals surface area contributed by atoms with Gasteiger partial charge >= 0.3 is 6.09 Å². The number of primary amides is 1. The van der Waals surface area contributed by atoms with Crippen LogP contribution in [0.25, 0.3) is 5.57 Å². The number of rotatable bonds is 3. The van der Waals surface area contributed by atoms with Crippen molar-refractivity contribution in [2.75, 3.05) is 5.32 Å². The third-order valence-corrected chi connectivity index (χ3v) is 3.32. The zero-order valence-electron chi connectivity index (χ0n) is 11.8. The fourth-order valence-corrected chi connectivity index (χ4v) is 2.33. The summed E-state index contributed by atoms with van der Waals surface area (Å²) in [6.45, 7) is 5.62. The summed E-state index contributed by atoms with van der Waals surface area (Å²) in [5, 5.41) is 2.67. The number of carbonyl (C=O) groups excluding carboxylic acids is 2. The molecule has 0 fully saturated rings. The summed E-state index contributed by atoms with van der Waals surface area (Å²) in [6, 6.07) is 5.60.